The summed E-state index contributed by atoms with van der Waals surface area (Å²) in [5.41, 5.74) is 1.26. The maximum Gasteiger partial charge on any atom is 0.338 e. The largest absolute Gasteiger partial charge is 0.497 e. The lowest BCUT2D eigenvalue weighted by atomic mass is 10.1. The van der Waals surface area contributed by atoms with E-state index in [4.69, 9.17) is 14.7 Å². The first-order valence-electron chi connectivity index (χ1n) is 7.19. The molecule has 1 amide bonds. The molecule has 2 aromatic carbocycles. The van der Waals surface area contributed by atoms with E-state index in [2.05, 4.69) is 5.32 Å². The van der Waals surface area contributed by atoms with Gasteiger partial charge in [-0.25, -0.2) is 4.79 Å². The number of anilines is 1. The molecule has 0 unspecified atom stereocenters. The Morgan fingerprint density at radius 3 is 2.50 bits per heavy atom. The van der Waals surface area contributed by atoms with Gasteiger partial charge in [0.05, 0.1) is 24.3 Å². The molecule has 0 aromatic heterocycles. The number of esters is 1. The lowest BCUT2D eigenvalue weighted by Gasteiger charge is -2.14. The molecule has 0 aliphatic heterocycles. The molecule has 6 heteroatoms. The third-order valence-electron chi connectivity index (χ3n) is 3.24. The van der Waals surface area contributed by atoms with E-state index in [1.807, 2.05) is 6.07 Å². The van der Waals surface area contributed by atoms with E-state index in [-0.39, 0.29) is 5.56 Å². The van der Waals surface area contributed by atoms with E-state index in [0.717, 1.165) is 0 Å². The third kappa shape index (κ3) is 4.34. The van der Waals surface area contributed by atoms with Gasteiger partial charge < -0.3 is 14.8 Å². The number of benzene rings is 2. The van der Waals surface area contributed by atoms with Crippen LogP contribution in [0.5, 0.6) is 5.75 Å². The van der Waals surface area contributed by atoms with Crippen LogP contribution >= 0.6 is 0 Å². The van der Waals surface area contributed by atoms with Crippen molar-refractivity contribution < 1.29 is 19.1 Å². The van der Waals surface area contributed by atoms with Crippen molar-refractivity contribution in [1.82, 2.24) is 0 Å². The van der Waals surface area contributed by atoms with Gasteiger partial charge in [0.2, 0.25) is 0 Å². The van der Waals surface area contributed by atoms with Gasteiger partial charge in [0.15, 0.2) is 6.10 Å². The van der Waals surface area contributed by atoms with Crippen molar-refractivity contribution in [3.63, 3.8) is 0 Å². The van der Waals surface area contributed by atoms with Crippen LogP contribution in [-0.2, 0) is 9.53 Å². The second kappa shape index (κ2) is 7.79. The first-order chi connectivity index (χ1) is 11.5. The minimum atomic E-state index is -0.973. The molecule has 0 aliphatic rings. The normalized spacial score (nSPS) is 11.0. The van der Waals surface area contributed by atoms with Crippen molar-refractivity contribution in [2.24, 2.45) is 0 Å². The van der Waals surface area contributed by atoms with Crippen LogP contribution in [0.25, 0.3) is 0 Å². The highest BCUT2D eigenvalue weighted by atomic mass is 16.5. The molecule has 0 fully saturated rings. The van der Waals surface area contributed by atoms with Crippen molar-refractivity contribution in [3.8, 4) is 11.8 Å². The maximum atomic E-state index is 12.1. The van der Waals surface area contributed by atoms with Crippen molar-refractivity contribution in [3.05, 3.63) is 59.7 Å². The molecule has 0 saturated heterocycles. The van der Waals surface area contributed by atoms with Gasteiger partial charge >= 0.3 is 5.97 Å². The fraction of sp³-hybridized carbons (Fsp3) is 0.167. The molecule has 0 bridgehead atoms. The summed E-state index contributed by atoms with van der Waals surface area (Å²) in [5, 5.41) is 11.4. The molecule has 6 nitrogen and oxygen atoms in total. The Morgan fingerprint density at radius 2 is 1.88 bits per heavy atom. The first kappa shape index (κ1) is 17.0. The molecule has 2 rings (SSSR count). The summed E-state index contributed by atoms with van der Waals surface area (Å²) in [6, 6.07) is 14.8. The fourth-order valence-electron chi connectivity index (χ4n) is 1.91. The van der Waals surface area contributed by atoms with E-state index in [1.165, 1.54) is 38.3 Å². The Hall–Kier alpha value is -3.33. The van der Waals surface area contributed by atoms with Crippen molar-refractivity contribution in [2.45, 2.75) is 13.0 Å². The Balaban J connectivity index is 1.97. The summed E-state index contributed by atoms with van der Waals surface area (Å²) in [4.78, 5) is 24.1. The van der Waals surface area contributed by atoms with Gasteiger partial charge in [0.25, 0.3) is 5.91 Å². The average molecular weight is 324 g/mol. The number of nitriles is 1. The quantitative estimate of drug-likeness (QED) is 0.854. The summed E-state index contributed by atoms with van der Waals surface area (Å²) >= 11 is 0. The van der Waals surface area contributed by atoms with Crippen LogP contribution in [0.3, 0.4) is 0 Å². The molecule has 24 heavy (non-hydrogen) atoms. The van der Waals surface area contributed by atoms with E-state index >= 15 is 0 Å². The average Bonchev–Trinajstić information content (AvgIpc) is 2.61. The number of carbonyl (C=O) groups is 2. The van der Waals surface area contributed by atoms with Gasteiger partial charge in [-0.1, -0.05) is 6.07 Å². The van der Waals surface area contributed by atoms with E-state index < -0.39 is 18.0 Å². The van der Waals surface area contributed by atoms with Crippen LogP contribution < -0.4 is 10.1 Å². The Morgan fingerprint density at radius 1 is 1.17 bits per heavy atom. The van der Waals surface area contributed by atoms with E-state index in [0.29, 0.717) is 17.0 Å². The highest BCUT2D eigenvalue weighted by Crippen LogP contribution is 2.17. The molecule has 0 heterocycles. The molecule has 122 valence electrons. The number of rotatable bonds is 5. The predicted octanol–water partition coefficient (Wildman–Crippen LogP) is 2.75. The van der Waals surface area contributed by atoms with Crippen molar-refractivity contribution in [2.75, 3.05) is 12.4 Å². The number of nitrogens with zero attached hydrogens (tertiary/aromatic N) is 1. The van der Waals surface area contributed by atoms with Gasteiger partial charge in [-0.15, -0.1) is 0 Å². The molecule has 0 saturated carbocycles. The number of amides is 1. The lowest BCUT2D eigenvalue weighted by Crippen LogP contribution is -2.30. The highest BCUT2D eigenvalue weighted by molar-refractivity contribution is 5.97. The Bertz CT molecular complexity index is 778. The number of methoxy groups -OCH3 is 1. The number of hydrogen-bond donors (Lipinski definition) is 1. The van der Waals surface area contributed by atoms with Gasteiger partial charge in [-0.05, 0) is 43.3 Å². The van der Waals surface area contributed by atoms with Crippen LogP contribution in [0.1, 0.15) is 22.8 Å². The van der Waals surface area contributed by atoms with Crippen LogP contribution in [0, 0.1) is 11.3 Å². The zero-order valence-electron chi connectivity index (χ0n) is 13.3. The molecule has 0 spiro atoms. The minimum Gasteiger partial charge on any atom is -0.497 e. The van der Waals surface area contributed by atoms with E-state index in [1.54, 1.807) is 24.3 Å². The second-order valence-electron chi connectivity index (χ2n) is 4.96. The monoisotopic (exact) mass is 324 g/mol. The maximum absolute atomic E-state index is 12.1. The van der Waals surface area contributed by atoms with Gasteiger partial charge in [-0.3, -0.25) is 4.79 Å². The summed E-state index contributed by atoms with van der Waals surface area (Å²) in [7, 11) is 1.53. The molecule has 0 radical (unpaired) electrons. The Kier molecular flexibility index (Phi) is 5.53. The van der Waals surface area contributed by atoms with Gasteiger partial charge in [0, 0.05) is 11.8 Å². The predicted molar refractivity (Wildman–Crippen MR) is 87.7 cm³/mol. The first-order valence-corrected chi connectivity index (χ1v) is 7.19. The second-order valence-corrected chi connectivity index (χ2v) is 4.96. The van der Waals surface area contributed by atoms with Gasteiger partial charge in [0.1, 0.15) is 5.75 Å². The molecule has 1 N–H and O–H groups in total. The zero-order chi connectivity index (χ0) is 17.5. The molecular formula is C18H16N2O4. The standard InChI is InChI=1S/C18H16N2O4/c1-12(17(21)20-15-4-3-5-16(10-15)23-2)24-18(22)14-8-6-13(11-19)7-9-14/h3-10,12H,1-2H3,(H,20,21)/t12-/m1/s1. The summed E-state index contributed by atoms with van der Waals surface area (Å²) in [6.07, 6.45) is -0.973. The van der Waals surface area contributed by atoms with Crippen LogP contribution in [0.15, 0.2) is 48.5 Å². The lowest BCUT2D eigenvalue weighted by molar-refractivity contribution is -0.123. The molecular weight excluding hydrogens is 308 g/mol. The van der Waals surface area contributed by atoms with Crippen molar-refractivity contribution in [1.29, 1.82) is 5.26 Å². The number of hydrogen-bond acceptors (Lipinski definition) is 5. The zero-order valence-corrected chi connectivity index (χ0v) is 13.3. The van der Waals surface area contributed by atoms with Crippen LogP contribution in [0.4, 0.5) is 5.69 Å². The fourth-order valence-corrected chi connectivity index (χ4v) is 1.91. The number of carbonyl (C=O) groups excluding carboxylic acids is 2. The van der Waals surface area contributed by atoms with Crippen LogP contribution in [0.2, 0.25) is 0 Å². The molecule has 2 aromatic rings. The Labute approximate surface area is 139 Å². The number of ether oxygens (including phenoxy) is 2. The summed E-state index contributed by atoms with van der Waals surface area (Å²) in [6.45, 7) is 1.48. The molecule has 1 atom stereocenters. The topological polar surface area (TPSA) is 88.4 Å². The SMILES string of the molecule is COc1cccc(NC(=O)[C@@H](C)OC(=O)c2ccc(C#N)cc2)c1. The molecule has 0 aliphatic carbocycles. The number of nitrogens with one attached hydrogen (secondary N) is 1. The van der Waals surface area contributed by atoms with Gasteiger partial charge in [-0.2, -0.15) is 5.26 Å². The highest BCUT2D eigenvalue weighted by Gasteiger charge is 2.19. The third-order valence-corrected chi connectivity index (χ3v) is 3.24. The summed E-state index contributed by atoms with van der Waals surface area (Å²) < 4.78 is 10.2. The minimum absolute atomic E-state index is 0.273. The summed E-state index contributed by atoms with van der Waals surface area (Å²) in [5.74, 6) is -0.479. The smallest absolute Gasteiger partial charge is 0.338 e. The van der Waals surface area contributed by atoms with Crippen LogP contribution in [-0.4, -0.2) is 25.1 Å². The van der Waals surface area contributed by atoms with E-state index in [9.17, 15) is 9.59 Å². The van der Waals surface area contributed by atoms with Crippen molar-refractivity contribution >= 4 is 17.6 Å².